The molecule has 3 N–H and O–H groups in total. The van der Waals surface area contributed by atoms with Gasteiger partial charge in [0, 0.05) is 19.2 Å². The molecule has 0 atom stereocenters. The molecule has 2 aromatic carbocycles. The maximum Gasteiger partial charge on any atom is 0.221 e. The second-order valence-electron chi connectivity index (χ2n) is 5.24. The second-order valence-corrected chi connectivity index (χ2v) is 5.24. The maximum absolute atomic E-state index is 11.2. The lowest BCUT2D eigenvalue weighted by Gasteiger charge is -2.11. The summed E-state index contributed by atoms with van der Waals surface area (Å²) in [6.45, 7) is 3.16. The lowest BCUT2D eigenvalue weighted by molar-refractivity contribution is -0.114. The van der Waals surface area contributed by atoms with Crippen molar-refractivity contribution in [2.45, 2.75) is 26.5 Å². The molecule has 2 aromatic rings. The van der Waals surface area contributed by atoms with Gasteiger partial charge >= 0.3 is 0 Å². The summed E-state index contributed by atoms with van der Waals surface area (Å²) in [7, 11) is 0. The first-order valence-electron chi connectivity index (χ1n) is 7.44. The van der Waals surface area contributed by atoms with Gasteiger partial charge in [0.2, 0.25) is 5.91 Å². The maximum atomic E-state index is 11.2. The van der Waals surface area contributed by atoms with E-state index in [1.807, 2.05) is 48.5 Å². The Morgan fingerprint density at radius 1 is 1.05 bits per heavy atom. The monoisotopic (exact) mass is 298 g/mol. The number of aliphatic hydroxyl groups is 1. The molecule has 4 nitrogen and oxygen atoms in total. The molecule has 0 aliphatic carbocycles. The summed E-state index contributed by atoms with van der Waals surface area (Å²) in [5.74, 6) is -0.0589. The fourth-order valence-corrected chi connectivity index (χ4v) is 2.25. The van der Waals surface area contributed by atoms with Crippen molar-refractivity contribution in [1.29, 1.82) is 0 Å². The van der Waals surface area contributed by atoms with E-state index in [1.165, 1.54) is 12.5 Å². The first kappa shape index (κ1) is 16.2. The van der Waals surface area contributed by atoms with E-state index in [9.17, 15) is 4.79 Å². The first-order valence-corrected chi connectivity index (χ1v) is 7.44. The molecule has 0 radical (unpaired) electrons. The van der Waals surface area contributed by atoms with E-state index < -0.39 is 0 Å². The van der Waals surface area contributed by atoms with Gasteiger partial charge in [0.25, 0.3) is 0 Å². The summed E-state index contributed by atoms with van der Waals surface area (Å²) >= 11 is 0. The summed E-state index contributed by atoms with van der Waals surface area (Å²) < 4.78 is 0. The number of aliphatic hydroxyl groups excluding tert-OH is 1. The number of hydrogen-bond acceptors (Lipinski definition) is 3. The molecule has 0 unspecified atom stereocenters. The SMILES string of the molecule is CC(=O)Nc1ccccc1CNCCc1ccc(CO)cc1. The Kier molecular flexibility index (Phi) is 6.13. The third-order valence-corrected chi connectivity index (χ3v) is 3.44. The van der Waals surface area contributed by atoms with Crippen LogP contribution in [0.5, 0.6) is 0 Å². The highest BCUT2D eigenvalue weighted by Gasteiger charge is 2.02. The van der Waals surface area contributed by atoms with Gasteiger partial charge in [-0.05, 0) is 35.7 Å². The van der Waals surface area contributed by atoms with Crippen LogP contribution in [0.3, 0.4) is 0 Å². The summed E-state index contributed by atoms with van der Waals surface area (Å²) in [5, 5.41) is 15.2. The number of amides is 1. The average Bonchev–Trinajstić information content (AvgIpc) is 2.53. The molecular formula is C18H22N2O2. The lowest BCUT2D eigenvalue weighted by atomic mass is 10.1. The van der Waals surface area contributed by atoms with E-state index >= 15 is 0 Å². The lowest BCUT2D eigenvalue weighted by Crippen LogP contribution is -2.18. The van der Waals surface area contributed by atoms with Crippen LogP contribution in [0.1, 0.15) is 23.6 Å². The highest BCUT2D eigenvalue weighted by molar-refractivity contribution is 5.89. The Morgan fingerprint density at radius 2 is 1.73 bits per heavy atom. The Morgan fingerprint density at radius 3 is 2.41 bits per heavy atom. The molecule has 22 heavy (non-hydrogen) atoms. The molecule has 0 spiro atoms. The van der Waals surface area contributed by atoms with Crippen molar-refractivity contribution >= 4 is 11.6 Å². The van der Waals surface area contributed by atoms with Crippen LogP contribution in [-0.2, 0) is 24.4 Å². The summed E-state index contributed by atoms with van der Waals surface area (Å²) in [6, 6.07) is 15.8. The molecule has 0 bridgehead atoms. The highest BCUT2D eigenvalue weighted by Crippen LogP contribution is 2.14. The topological polar surface area (TPSA) is 61.4 Å². The predicted molar refractivity (Wildman–Crippen MR) is 88.5 cm³/mol. The van der Waals surface area contributed by atoms with E-state index in [4.69, 9.17) is 5.11 Å². The number of para-hydroxylation sites is 1. The number of carbonyl (C=O) groups is 1. The van der Waals surface area contributed by atoms with Gasteiger partial charge in [-0.2, -0.15) is 0 Å². The molecular weight excluding hydrogens is 276 g/mol. The van der Waals surface area contributed by atoms with Crippen LogP contribution in [0.15, 0.2) is 48.5 Å². The zero-order valence-corrected chi connectivity index (χ0v) is 12.8. The molecule has 0 aromatic heterocycles. The van der Waals surface area contributed by atoms with Crippen LogP contribution in [0.25, 0.3) is 0 Å². The minimum atomic E-state index is -0.0589. The Balaban J connectivity index is 1.82. The highest BCUT2D eigenvalue weighted by atomic mass is 16.3. The Hall–Kier alpha value is -2.17. The van der Waals surface area contributed by atoms with Gasteiger partial charge in [-0.1, -0.05) is 42.5 Å². The van der Waals surface area contributed by atoms with E-state index in [1.54, 1.807) is 0 Å². The van der Waals surface area contributed by atoms with Crippen LogP contribution in [0.2, 0.25) is 0 Å². The third-order valence-electron chi connectivity index (χ3n) is 3.44. The van der Waals surface area contributed by atoms with Crippen LogP contribution in [0, 0.1) is 0 Å². The number of carbonyl (C=O) groups excluding carboxylic acids is 1. The smallest absolute Gasteiger partial charge is 0.221 e. The van der Waals surface area contributed by atoms with Crippen LogP contribution >= 0.6 is 0 Å². The standard InChI is InChI=1S/C18H22N2O2/c1-14(22)20-18-5-3-2-4-17(18)12-19-11-10-15-6-8-16(13-21)9-7-15/h2-9,19,21H,10-13H2,1H3,(H,20,22). The summed E-state index contributed by atoms with van der Waals surface area (Å²) in [4.78, 5) is 11.2. The molecule has 0 saturated carbocycles. The molecule has 2 rings (SSSR count). The summed E-state index contributed by atoms with van der Waals surface area (Å²) in [5.41, 5.74) is 4.10. The van der Waals surface area contributed by atoms with Gasteiger partial charge in [-0.25, -0.2) is 0 Å². The first-order chi connectivity index (χ1) is 10.7. The molecule has 0 saturated heterocycles. The van der Waals surface area contributed by atoms with E-state index in [0.29, 0.717) is 6.54 Å². The molecule has 0 aliphatic heterocycles. The zero-order chi connectivity index (χ0) is 15.8. The van der Waals surface area contributed by atoms with Gasteiger partial charge in [0.15, 0.2) is 0 Å². The van der Waals surface area contributed by atoms with E-state index in [0.717, 1.165) is 29.8 Å². The van der Waals surface area contributed by atoms with Crippen molar-refractivity contribution in [3.63, 3.8) is 0 Å². The fraction of sp³-hybridized carbons (Fsp3) is 0.278. The minimum absolute atomic E-state index is 0.0589. The number of anilines is 1. The van der Waals surface area contributed by atoms with Gasteiger partial charge in [-0.15, -0.1) is 0 Å². The largest absolute Gasteiger partial charge is 0.392 e. The number of nitrogens with one attached hydrogen (secondary N) is 2. The van der Waals surface area contributed by atoms with Crippen LogP contribution in [-0.4, -0.2) is 17.6 Å². The molecule has 1 amide bonds. The van der Waals surface area contributed by atoms with Gasteiger partial charge in [0.1, 0.15) is 0 Å². The van der Waals surface area contributed by atoms with Gasteiger partial charge in [-0.3, -0.25) is 4.79 Å². The van der Waals surface area contributed by atoms with Crippen molar-refractivity contribution in [2.24, 2.45) is 0 Å². The van der Waals surface area contributed by atoms with E-state index in [2.05, 4.69) is 10.6 Å². The zero-order valence-electron chi connectivity index (χ0n) is 12.8. The number of hydrogen-bond donors (Lipinski definition) is 3. The predicted octanol–water partition coefficient (Wildman–Crippen LogP) is 2.47. The van der Waals surface area contributed by atoms with Crippen molar-refractivity contribution in [3.8, 4) is 0 Å². The average molecular weight is 298 g/mol. The van der Waals surface area contributed by atoms with E-state index in [-0.39, 0.29) is 12.5 Å². The molecule has 0 heterocycles. The minimum Gasteiger partial charge on any atom is -0.392 e. The van der Waals surface area contributed by atoms with Crippen molar-refractivity contribution in [2.75, 3.05) is 11.9 Å². The second kappa shape index (κ2) is 8.32. The Labute approximate surface area is 131 Å². The molecule has 0 aliphatic rings. The molecule has 0 fully saturated rings. The molecule has 116 valence electrons. The fourth-order valence-electron chi connectivity index (χ4n) is 2.25. The van der Waals surface area contributed by atoms with Gasteiger partial charge < -0.3 is 15.7 Å². The number of rotatable bonds is 7. The van der Waals surface area contributed by atoms with Crippen LogP contribution < -0.4 is 10.6 Å². The van der Waals surface area contributed by atoms with Gasteiger partial charge in [0.05, 0.1) is 6.61 Å². The molecule has 4 heteroatoms. The quantitative estimate of drug-likeness (QED) is 0.688. The van der Waals surface area contributed by atoms with Crippen molar-refractivity contribution in [1.82, 2.24) is 5.32 Å². The van der Waals surface area contributed by atoms with Crippen molar-refractivity contribution in [3.05, 3.63) is 65.2 Å². The number of benzene rings is 2. The summed E-state index contributed by atoms with van der Waals surface area (Å²) in [6.07, 6.45) is 0.925. The van der Waals surface area contributed by atoms with Crippen molar-refractivity contribution < 1.29 is 9.90 Å². The normalized spacial score (nSPS) is 10.5. The Bertz CT molecular complexity index is 609. The van der Waals surface area contributed by atoms with Crippen LogP contribution in [0.4, 0.5) is 5.69 Å². The third kappa shape index (κ3) is 4.98.